The maximum Gasteiger partial charge on any atom is 0.328 e. The number of aromatic nitrogens is 4. The third kappa shape index (κ3) is 6.54. The predicted octanol–water partition coefficient (Wildman–Crippen LogP) is 8.86. The molecule has 6 aromatic rings. The van der Waals surface area contributed by atoms with Crippen molar-refractivity contribution in [3.05, 3.63) is 132 Å². The summed E-state index contributed by atoms with van der Waals surface area (Å²) in [5.41, 5.74) is 12.7. The fraction of sp³-hybridized carbons (Fsp3) is 0.154. The van der Waals surface area contributed by atoms with Crippen LogP contribution < -0.4 is 9.80 Å². The molecule has 0 unspecified atom stereocenters. The highest BCUT2D eigenvalue weighted by Crippen LogP contribution is 2.34. The summed E-state index contributed by atoms with van der Waals surface area (Å²) in [7, 11) is 3.58. The summed E-state index contributed by atoms with van der Waals surface area (Å²) in [5, 5.41) is 0. The molecule has 0 fully saturated rings. The van der Waals surface area contributed by atoms with Crippen LogP contribution in [0.3, 0.4) is 0 Å². The molecule has 0 atom stereocenters. The molecule has 7 nitrogen and oxygen atoms in total. The smallest absolute Gasteiger partial charge is 0.297 e. The fourth-order valence-electron chi connectivity index (χ4n) is 5.20. The molecule has 6 rings (SSSR count). The molecular weight excluding hydrogens is 568 g/mol. The van der Waals surface area contributed by atoms with Gasteiger partial charge in [-0.05, 0) is 111 Å². The van der Waals surface area contributed by atoms with Crippen molar-refractivity contribution < 1.29 is 4.79 Å². The molecule has 0 aliphatic heterocycles. The number of amides is 2. The Bertz CT molecular complexity index is 1730. The Morgan fingerprint density at radius 2 is 0.696 bits per heavy atom. The number of benzene rings is 2. The van der Waals surface area contributed by atoms with Crippen LogP contribution >= 0.6 is 0 Å². The van der Waals surface area contributed by atoms with Crippen LogP contribution in [0.15, 0.2) is 110 Å². The Labute approximate surface area is 270 Å². The van der Waals surface area contributed by atoms with Crippen LogP contribution in [0.5, 0.6) is 0 Å². The first-order valence-corrected chi connectivity index (χ1v) is 15.2. The van der Waals surface area contributed by atoms with Gasteiger partial charge in [0.15, 0.2) is 0 Å². The van der Waals surface area contributed by atoms with Crippen molar-refractivity contribution in [2.45, 2.75) is 27.7 Å². The fourth-order valence-corrected chi connectivity index (χ4v) is 5.20. The Hall–Kier alpha value is -5.69. The largest absolute Gasteiger partial charge is 0.328 e. The standard InChI is InChI=1S/C39H36N6O/c1-25-7-11-35(40-21-25)29-15-30(36-12-8-26(2)22-41-36)18-33(17-29)44(5)39(46)45(6)34-19-31(37-13-9-27(3)23-42-37)16-32(20-34)38-14-10-28(4)24-43-38/h7-24H,1-6H3. The summed E-state index contributed by atoms with van der Waals surface area (Å²) < 4.78 is 0. The minimum Gasteiger partial charge on any atom is -0.297 e. The van der Waals surface area contributed by atoms with Crippen molar-refractivity contribution >= 4 is 17.4 Å². The van der Waals surface area contributed by atoms with E-state index in [4.69, 9.17) is 0 Å². The number of hydrogen-bond donors (Lipinski definition) is 0. The van der Waals surface area contributed by atoms with Crippen molar-refractivity contribution in [1.82, 2.24) is 19.9 Å². The highest BCUT2D eigenvalue weighted by Gasteiger charge is 2.21. The van der Waals surface area contributed by atoms with E-state index >= 15 is 0 Å². The summed E-state index contributed by atoms with van der Waals surface area (Å²) in [5.74, 6) is 0. The molecule has 0 saturated heterocycles. The van der Waals surface area contributed by atoms with Crippen molar-refractivity contribution in [3.63, 3.8) is 0 Å². The number of pyridine rings is 4. The van der Waals surface area contributed by atoms with Gasteiger partial charge in [0, 0.05) is 72.5 Å². The second-order valence-electron chi connectivity index (χ2n) is 11.8. The topological polar surface area (TPSA) is 75.1 Å². The van der Waals surface area contributed by atoms with Crippen molar-refractivity contribution in [3.8, 4) is 45.0 Å². The highest BCUT2D eigenvalue weighted by molar-refractivity contribution is 6.04. The van der Waals surface area contributed by atoms with Crippen molar-refractivity contribution in [1.29, 1.82) is 0 Å². The average molecular weight is 605 g/mol. The summed E-state index contributed by atoms with van der Waals surface area (Å²) in [6.45, 7) is 8.06. The van der Waals surface area contributed by atoms with Gasteiger partial charge in [-0.15, -0.1) is 0 Å². The number of carbonyl (C=O) groups is 1. The van der Waals surface area contributed by atoms with E-state index in [1.54, 1.807) is 23.9 Å². The van der Waals surface area contributed by atoms with Crippen LogP contribution in [0.4, 0.5) is 16.2 Å². The molecule has 0 N–H and O–H groups in total. The van der Waals surface area contributed by atoms with Gasteiger partial charge in [0.25, 0.3) is 0 Å². The quantitative estimate of drug-likeness (QED) is 0.190. The van der Waals surface area contributed by atoms with E-state index in [2.05, 4.69) is 32.1 Å². The van der Waals surface area contributed by atoms with Gasteiger partial charge in [0.1, 0.15) is 0 Å². The average Bonchev–Trinajstić information content (AvgIpc) is 3.08. The lowest BCUT2D eigenvalue weighted by Gasteiger charge is -2.27. The number of anilines is 2. The van der Waals surface area contributed by atoms with Crippen LogP contribution in [-0.2, 0) is 0 Å². The molecule has 0 saturated carbocycles. The Balaban J connectivity index is 1.40. The molecule has 2 amide bonds. The Morgan fingerprint density at radius 3 is 0.913 bits per heavy atom. The van der Waals surface area contributed by atoms with Crippen LogP contribution in [0.1, 0.15) is 22.3 Å². The maximum absolute atomic E-state index is 14.2. The van der Waals surface area contributed by atoms with E-state index in [1.807, 2.05) is 125 Å². The molecule has 0 aliphatic rings. The summed E-state index contributed by atoms with van der Waals surface area (Å²) >= 11 is 0. The number of urea groups is 1. The lowest BCUT2D eigenvalue weighted by Crippen LogP contribution is -2.39. The summed E-state index contributed by atoms with van der Waals surface area (Å²) in [6.07, 6.45) is 7.41. The first-order valence-electron chi connectivity index (χ1n) is 15.2. The zero-order chi connectivity index (χ0) is 32.4. The van der Waals surface area contributed by atoms with E-state index < -0.39 is 0 Å². The summed E-state index contributed by atoms with van der Waals surface area (Å²) in [4.78, 5) is 36.2. The molecule has 4 heterocycles. The zero-order valence-corrected chi connectivity index (χ0v) is 27.0. The molecule has 0 bridgehead atoms. The number of carbonyl (C=O) groups excluding carboxylic acids is 1. The van der Waals surface area contributed by atoms with Gasteiger partial charge in [0.05, 0.1) is 22.8 Å². The molecular formula is C39H36N6O. The second kappa shape index (κ2) is 12.7. The first-order chi connectivity index (χ1) is 22.1. The van der Waals surface area contributed by atoms with E-state index in [0.29, 0.717) is 0 Å². The molecule has 7 heteroatoms. The molecule has 2 aromatic carbocycles. The van der Waals surface area contributed by atoms with E-state index in [0.717, 1.165) is 78.7 Å². The van der Waals surface area contributed by atoms with Gasteiger partial charge < -0.3 is 0 Å². The van der Waals surface area contributed by atoms with Crippen LogP contribution in [0.2, 0.25) is 0 Å². The second-order valence-corrected chi connectivity index (χ2v) is 11.8. The molecule has 0 spiro atoms. The molecule has 4 aromatic heterocycles. The number of hydrogen-bond acceptors (Lipinski definition) is 5. The van der Waals surface area contributed by atoms with Gasteiger partial charge >= 0.3 is 6.03 Å². The number of aryl methyl sites for hydroxylation is 4. The van der Waals surface area contributed by atoms with E-state index in [9.17, 15) is 4.79 Å². The van der Waals surface area contributed by atoms with Gasteiger partial charge in [-0.2, -0.15) is 0 Å². The first kappa shape index (κ1) is 30.3. The zero-order valence-electron chi connectivity index (χ0n) is 27.0. The van der Waals surface area contributed by atoms with Crippen molar-refractivity contribution in [2.75, 3.05) is 23.9 Å². The Kier molecular flexibility index (Phi) is 8.40. The van der Waals surface area contributed by atoms with Crippen LogP contribution in [0.25, 0.3) is 45.0 Å². The maximum atomic E-state index is 14.2. The lowest BCUT2D eigenvalue weighted by atomic mass is 10.0. The van der Waals surface area contributed by atoms with Gasteiger partial charge in [-0.3, -0.25) is 29.7 Å². The SMILES string of the molecule is Cc1ccc(-c2cc(-c3ccc(C)cn3)cc(N(C)C(=O)N(C)c3cc(-c4ccc(C)cn4)cc(-c4ccc(C)cn4)c3)c2)nc1. The third-order valence-corrected chi connectivity index (χ3v) is 8.01. The minimum atomic E-state index is -0.200. The van der Waals surface area contributed by atoms with Gasteiger partial charge in [-0.25, -0.2) is 4.79 Å². The Morgan fingerprint density at radius 1 is 0.435 bits per heavy atom. The number of rotatable bonds is 6. The normalized spacial score (nSPS) is 10.9. The predicted molar refractivity (Wildman–Crippen MR) is 187 cm³/mol. The number of nitrogens with zero attached hydrogens (tertiary/aromatic N) is 6. The monoisotopic (exact) mass is 604 g/mol. The van der Waals surface area contributed by atoms with Gasteiger partial charge in [-0.1, -0.05) is 24.3 Å². The molecule has 0 radical (unpaired) electrons. The van der Waals surface area contributed by atoms with Crippen LogP contribution in [-0.4, -0.2) is 40.1 Å². The van der Waals surface area contributed by atoms with Crippen molar-refractivity contribution in [2.24, 2.45) is 0 Å². The minimum absolute atomic E-state index is 0.200. The third-order valence-electron chi connectivity index (χ3n) is 8.01. The van der Waals surface area contributed by atoms with E-state index in [1.165, 1.54) is 0 Å². The summed E-state index contributed by atoms with van der Waals surface area (Å²) in [6, 6.07) is 28.1. The van der Waals surface area contributed by atoms with E-state index in [-0.39, 0.29) is 6.03 Å². The molecule has 46 heavy (non-hydrogen) atoms. The molecule has 0 aliphatic carbocycles. The highest BCUT2D eigenvalue weighted by atomic mass is 16.2. The molecule has 228 valence electrons. The lowest BCUT2D eigenvalue weighted by molar-refractivity contribution is 0.253. The van der Waals surface area contributed by atoms with Gasteiger partial charge in [0.2, 0.25) is 0 Å². The van der Waals surface area contributed by atoms with Crippen LogP contribution in [0, 0.1) is 27.7 Å².